The molecule has 4 atom stereocenters. The Hall–Kier alpha value is -2.90. The SMILES string of the molecule is C=C(N)C1=C(C)[C@@H](N(C)C)[C@]2(C)CC3Cc4c(F)cc(C)c(C#N)c4C(=C)C3=C(C)C2C1=C. The lowest BCUT2D eigenvalue weighted by atomic mass is 9.50. The summed E-state index contributed by atoms with van der Waals surface area (Å²) in [7, 11) is 4.21. The van der Waals surface area contributed by atoms with Crippen molar-refractivity contribution in [1.29, 1.82) is 5.26 Å². The molecule has 3 nitrogen and oxygen atoms in total. The van der Waals surface area contributed by atoms with E-state index in [1.165, 1.54) is 17.2 Å². The van der Waals surface area contributed by atoms with E-state index < -0.39 is 0 Å². The number of nitrogens with two attached hydrogens (primary N) is 1. The lowest BCUT2D eigenvalue weighted by Gasteiger charge is -2.57. The lowest BCUT2D eigenvalue weighted by Crippen LogP contribution is -2.55. The van der Waals surface area contributed by atoms with Gasteiger partial charge < -0.3 is 10.6 Å². The van der Waals surface area contributed by atoms with Gasteiger partial charge in [0, 0.05) is 28.8 Å². The molecule has 3 aliphatic carbocycles. The standard InChI is InChI=1S/C29H34FN3/c1-14-10-23(30)21-11-20-12-29(7)27(17(4)25(20)15(2)26(21)22(14)13-31)16(3)24(19(6)32)18(5)28(29)33(8)9/h10,20,27-28H,2-3,6,11-12,32H2,1,4-5,7-9H3/t20?,27?,28-,29-/m1/s1. The van der Waals surface area contributed by atoms with Crippen LogP contribution in [-0.2, 0) is 6.42 Å². The Morgan fingerprint density at radius 1 is 1.24 bits per heavy atom. The topological polar surface area (TPSA) is 53.0 Å². The van der Waals surface area contributed by atoms with Crippen LogP contribution in [-0.4, -0.2) is 25.0 Å². The molecule has 0 fully saturated rings. The zero-order valence-electron chi connectivity index (χ0n) is 20.7. The van der Waals surface area contributed by atoms with Gasteiger partial charge in [-0.05, 0) is 98.5 Å². The molecule has 0 aromatic heterocycles. The van der Waals surface area contributed by atoms with Gasteiger partial charge in [0.05, 0.1) is 5.56 Å². The second-order valence-electron chi connectivity index (χ2n) is 10.6. The summed E-state index contributed by atoms with van der Waals surface area (Å²) in [6.45, 7) is 21.4. The average molecular weight is 444 g/mol. The van der Waals surface area contributed by atoms with Gasteiger partial charge in [0.15, 0.2) is 0 Å². The van der Waals surface area contributed by atoms with Crippen LogP contribution in [0.25, 0.3) is 5.57 Å². The predicted molar refractivity (Wildman–Crippen MR) is 134 cm³/mol. The minimum atomic E-state index is -0.235. The summed E-state index contributed by atoms with van der Waals surface area (Å²) in [5, 5.41) is 9.86. The fourth-order valence-corrected chi connectivity index (χ4v) is 7.65. The molecule has 3 aliphatic rings. The van der Waals surface area contributed by atoms with Crippen LogP contribution in [0.15, 0.2) is 59.4 Å². The molecule has 0 amide bonds. The number of aryl methyl sites for hydroxylation is 1. The van der Waals surface area contributed by atoms with Gasteiger partial charge in [-0.1, -0.05) is 32.2 Å². The van der Waals surface area contributed by atoms with Gasteiger partial charge in [0.25, 0.3) is 0 Å². The van der Waals surface area contributed by atoms with Gasteiger partial charge in [0.2, 0.25) is 0 Å². The Bertz CT molecular complexity index is 1240. The van der Waals surface area contributed by atoms with Crippen molar-refractivity contribution in [3.05, 3.63) is 87.4 Å². The Morgan fingerprint density at radius 2 is 1.88 bits per heavy atom. The molecule has 33 heavy (non-hydrogen) atoms. The Morgan fingerprint density at radius 3 is 2.42 bits per heavy atom. The van der Waals surface area contributed by atoms with E-state index in [-0.39, 0.29) is 29.1 Å². The number of hydrogen-bond donors (Lipinski definition) is 1. The van der Waals surface area contributed by atoms with Crippen molar-refractivity contribution in [1.82, 2.24) is 4.90 Å². The van der Waals surface area contributed by atoms with Crippen molar-refractivity contribution in [3.8, 4) is 6.07 Å². The summed E-state index contributed by atoms with van der Waals surface area (Å²) in [6, 6.07) is 3.95. The predicted octanol–water partition coefficient (Wildman–Crippen LogP) is 5.82. The van der Waals surface area contributed by atoms with Crippen molar-refractivity contribution in [2.45, 2.75) is 46.6 Å². The molecule has 4 heteroatoms. The maximum atomic E-state index is 15.2. The molecule has 2 unspecified atom stereocenters. The number of rotatable bonds is 2. The van der Waals surface area contributed by atoms with Gasteiger partial charge in [-0.3, -0.25) is 0 Å². The number of halogens is 1. The fourth-order valence-electron chi connectivity index (χ4n) is 7.65. The molecule has 4 rings (SSSR count). The molecule has 2 N–H and O–H groups in total. The van der Waals surface area contributed by atoms with Crippen LogP contribution < -0.4 is 5.73 Å². The van der Waals surface area contributed by atoms with Crippen LogP contribution in [0.1, 0.15) is 49.4 Å². The smallest absolute Gasteiger partial charge is 0.127 e. The van der Waals surface area contributed by atoms with Crippen LogP contribution in [0.5, 0.6) is 0 Å². The summed E-state index contributed by atoms with van der Waals surface area (Å²) in [6.07, 6.45) is 1.46. The molecule has 0 radical (unpaired) electrons. The van der Waals surface area contributed by atoms with Crippen molar-refractivity contribution in [2.75, 3.05) is 14.1 Å². The summed E-state index contributed by atoms with van der Waals surface area (Å²) >= 11 is 0. The first kappa shape index (κ1) is 23.3. The average Bonchev–Trinajstić information content (AvgIpc) is 2.67. The maximum absolute atomic E-state index is 15.2. The molecule has 0 aliphatic heterocycles. The number of hydrogen-bond acceptors (Lipinski definition) is 3. The highest BCUT2D eigenvalue weighted by Crippen LogP contribution is 2.61. The molecule has 0 spiro atoms. The van der Waals surface area contributed by atoms with Crippen LogP contribution in [0.3, 0.4) is 0 Å². The Kier molecular flexibility index (Phi) is 5.34. The van der Waals surface area contributed by atoms with E-state index in [4.69, 9.17) is 5.73 Å². The molecule has 0 saturated heterocycles. The minimum absolute atomic E-state index is 0.0636. The Labute approximate surface area is 197 Å². The second kappa shape index (κ2) is 7.57. The molecular formula is C29H34FN3. The van der Waals surface area contributed by atoms with Crippen LogP contribution >= 0.6 is 0 Å². The van der Waals surface area contributed by atoms with Crippen LogP contribution in [0, 0.1) is 41.3 Å². The molecule has 1 aromatic carbocycles. The first-order valence-corrected chi connectivity index (χ1v) is 11.5. The normalized spacial score (nSPS) is 29.0. The van der Waals surface area contributed by atoms with E-state index >= 15 is 4.39 Å². The summed E-state index contributed by atoms with van der Waals surface area (Å²) in [4.78, 5) is 2.26. The van der Waals surface area contributed by atoms with Crippen LogP contribution in [0.4, 0.5) is 4.39 Å². The number of allylic oxidation sites excluding steroid dienone is 4. The highest BCUT2D eigenvalue weighted by molar-refractivity contribution is 5.87. The van der Waals surface area contributed by atoms with Crippen molar-refractivity contribution in [2.24, 2.45) is 23.0 Å². The zero-order chi connectivity index (χ0) is 24.6. The number of benzene rings is 1. The van der Waals surface area contributed by atoms with Gasteiger partial charge in [-0.15, -0.1) is 0 Å². The highest BCUT2D eigenvalue weighted by atomic mass is 19.1. The second-order valence-corrected chi connectivity index (χ2v) is 10.6. The van der Waals surface area contributed by atoms with Gasteiger partial charge >= 0.3 is 0 Å². The van der Waals surface area contributed by atoms with Gasteiger partial charge in [-0.25, -0.2) is 4.39 Å². The number of likely N-dealkylation sites (N-methyl/N-ethyl adjacent to an activating group) is 1. The molecule has 0 saturated carbocycles. The minimum Gasteiger partial charge on any atom is -0.399 e. The number of nitrogens with zero attached hydrogens (tertiary/aromatic N) is 2. The monoisotopic (exact) mass is 443 g/mol. The van der Waals surface area contributed by atoms with E-state index in [2.05, 4.69) is 65.6 Å². The van der Waals surface area contributed by atoms with E-state index in [1.54, 1.807) is 6.92 Å². The summed E-state index contributed by atoms with van der Waals surface area (Å²) in [5.41, 5.74) is 15.5. The summed E-state index contributed by atoms with van der Waals surface area (Å²) in [5.74, 6) is -0.0315. The number of nitriles is 1. The molecular weight excluding hydrogens is 409 g/mol. The van der Waals surface area contributed by atoms with E-state index in [1.807, 2.05) is 0 Å². The van der Waals surface area contributed by atoms with E-state index in [9.17, 15) is 5.26 Å². The quantitative estimate of drug-likeness (QED) is 0.626. The third-order valence-electron chi connectivity index (χ3n) is 8.31. The molecule has 0 heterocycles. The summed E-state index contributed by atoms with van der Waals surface area (Å²) < 4.78 is 15.2. The molecule has 172 valence electrons. The first-order chi connectivity index (χ1) is 15.4. The fraction of sp³-hybridized carbons (Fsp3) is 0.414. The molecule has 1 aromatic rings. The van der Waals surface area contributed by atoms with Crippen molar-refractivity contribution in [3.63, 3.8) is 0 Å². The number of fused-ring (bicyclic) bond motifs is 3. The van der Waals surface area contributed by atoms with Gasteiger partial charge in [0.1, 0.15) is 11.9 Å². The van der Waals surface area contributed by atoms with E-state index in [0.717, 1.165) is 28.7 Å². The van der Waals surface area contributed by atoms with Crippen molar-refractivity contribution >= 4 is 5.57 Å². The van der Waals surface area contributed by atoms with Crippen LogP contribution in [0.2, 0.25) is 0 Å². The highest BCUT2D eigenvalue weighted by Gasteiger charge is 2.55. The molecule has 0 bridgehead atoms. The first-order valence-electron chi connectivity index (χ1n) is 11.5. The third kappa shape index (κ3) is 3.02. The lowest BCUT2D eigenvalue weighted by molar-refractivity contribution is 0.0670. The van der Waals surface area contributed by atoms with E-state index in [0.29, 0.717) is 34.4 Å². The maximum Gasteiger partial charge on any atom is 0.127 e. The largest absolute Gasteiger partial charge is 0.399 e. The van der Waals surface area contributed by atoms with Crippen molar-refractivity contribution < 1.29 is 4.39 Å². The van der Waals surface area contributed by atoms with Gasteiger partial charge in [-0.2, -0.15) is 5.26 Å². The third-order valence-corrected chi connectivity index (χ3v) is 8.31. The zero-order valence-corrected chi connectivity index (χ0v) is 20.7. The Balaban J connectivity index is 2.00.